The molecule has 0 aromatic heterocycles. The maximum absolute atomic E-state index is 8.67. The number of rotatable bonds is 4. The number of hydrogen-bond donors (Lipinski definition) is 1. The fourth-order valence-corrected chi connectivity index (χ4v) is 1.29. The first-order valence-corrected chi connectivity index (χ1v) is 5.16. The number of aliphatic hydroxyl groups excluding tert-OH is 1. The molecule has 0 amide bonds. The maximum Gasteiger partial charge on any atom is 0.119 e. The van der Waals surface area contributed by atoms with E-state index in [2.05, 4.69) is 11.8 Å². The van der Waals surface area contributed by atoms with E-state index in [1.165, 1.54) is 0 Å². The topological polar surface area (TPSA) is 38.7 Å². The van der Waals surface area contributed by atoms with Crippen LogP contribution in [0.25, 0.3) is 0 Å². The molecule has 1 N–H and O–H groups in total. The Morgan fingerprint density at radius 1 is 1.38 bits per heavy atom. The third-order valence-corrected chi connectivity index (χ3v) is 2.08. The van der Waals surface area contributed by atoms with Gasteiger partial charge in [0, 0.05) is 12.2 Å². The van der Waals surface area contributed by atoms with E-state index in [4.69, 9.17) is 14.6 Å². The van der Waals surface area contributed by atoms with Gasteiger partial charge in [-0.3, -0.25) is 0 Å². The van der Waals surface area contributed by atoms with Crippen LogP contribution in [0.4, 0.5) is 0 Å². The van der Waals surface area contributed by atoms with Crippen LogP contribution in [0.3, 0.4) is 0 Å². The Morgan fingerprint density at radius 3 is 2.81 bits per heavy atom. The predicted octanol–water partition coefficient (Wildman–Crippen LogP) is 1.58. The second-order valence-electron chi connectivity index (χ2n) is 3.12. The molecule has 3 heteroatoms. The smallest absolute Gasteiger partial charge is 0.119 e. The van der Waals surface area contributed by atoms with Crippen LogP contribution in [0, 0.1) is 11.8 Å². The first kappa shape index (κ1) is 12.6. The highest BCUT2D eigenvalue weighted by Crippen LogP contribution is 2.17. The van der Waals surface area contributed by atoms with Gasteiger partial charge in [0.25, 0.3) is 0 Å². The first-order valence-electron chi connectivity index (χ1n) is 5.16. The van der Waals surface area contributed by atoms with Crippen molar-refractivity contribution in [1.29, 1.82) is 0 Å². The van der Waals surface area contributed by atoms with Crippen molar-refractivity contribution in [2.24, 2.45) is 0 Å². The number of aliphatic hydroxyl groups is 1. The van der Waals surface area contributed by atoms with E-state index in [1.807, 2.05) is 25.1 Å². The van der Waals surface area contributed by atoms with Gasteiger partial charge < -0.3 is 14.6 Å². The van der Waals surface area contributed by atoms with Gasteiger partial charge in [-0.15, -0.1) is 0 Å². The molecule has 0 saturated carbocycles. The molecular formula is C13H16O3. The summed E-state index contributed by atoms with van der Waals surface area (Å²) in [7, 11) is 1.62. The Hall–Kier alpha value is -1.50. The first-order chi connectivity index (χ1) is 7.81. The third kappa shape index (κ3) is 3.58. The normalized spacial score (nSPS) is 9.44. The minimum Gasteiger partial charge on any atom is -0.497 e. The summed E-state index contributed by atoms with van der Waals surface area (Å²) in [5.74, 6) is 6.30. The molecule has 0 fully saturated rings. The second kappa shape index (κ2) is 6.89. The van der Waals surface area contributed by atoms with E-state index in [0.717, 1.165) is 16.9 Å². The fraction of sp³-hybridized carbons (Fsp3) is 0.385. The van der Waals surface area contributed by atoms with Crippen molar-refractivity contribution in [3.63, 3.8) is 0 Å². The molecule has 0 aliphatic heterocycles. The lowest BCUT2D eigenvalue weighted by Crippen LogP contribution is -1.96. The maximum atomic E-state index is 8.67. The fourth-order valence-electron chi connectivity index (χ4n) is 1.29. The zero-order chi connectivity index (χ0) is 11.8. The number of hydrogen-bond acceptors (Lipinski definition) is 3. The highest BCUT2D eigenvalue weighted by Gasteiger charge is 2.02. The average molecular weight is 220 g/mol. The van der Waals surface area contributed by atoms with Gasteiger partial charge in [-0.2, -0.15) is 0 Å². The van der Waals surface area contributed by atoms with Crippen LogP contribution >= 0.6 is 0 Å². The summed E-state index contributed by atoms with van der Waals surface area (Å²) < 4.78 is 10.5. The van der Waals surface area contributed by atoms with E-state index in [-0.39, 0.29) is 6.61 Å². The number of methoxy groups -OCH3 is 1. The molecule has 0 unspecified atom stereocenters. The Morgan fingerprint density at radius 2 is 2.19 bits per heavy atom. The number of ether oxygens (including phenoxy) is 2. The van der Waals surface area contributed by atoms with Crippen molar-refractivity contribution in [2.45, 2.75) is 13.5 Å². The van der Waals surface area contributed by atoms with E-state index in [1.54, 1.807) is 7.11 Å². The summed E-state index contributed by atoms with van der Waals surface area (Å²) in [5, 5.41) is 8.67. The lowest BCUT2D eigenvalue weighted by Gasteiger charge is -2.07. The minimum atomic E-state index is -0.139. The van der Waals surface area contributed by atoms with Gasteiger partial charge in [0.05, 0.1) is 13.7 Å². The van der Waals surface area contributed by atoms with Crippen molar-refractivity contribution in [3.05, 3.63) is 29.3 Å². The predicted molar refractivity (Wildman–Crippen MR) is 62.3 cm³/mol. The summed E-state index contributed by atoms with van der Waals surface area (Å²) >= 11 is 0. The zero-order valence-corrected chi connectivity index (χ0v) is 9.62. The Bertz CT molecular complexity index is 388. The highest BCUT2D eigenvalue weighted by atomic mass is 16.5. The second-order valence-corrected chi connectivity index (χ2v) is 3.12. The Labute approximate surface area is 96.0 Å². The van der Waals surface area contributed by atoms with Crippen molar-refractivity contribution < 1.29 is 14.6 Å². The van der Waals surface area contributed by atoms with Crippen LogP contribution in [-0.4, -0.2) is 25.4 Å². The summed E-state index contributed by atoms with van der Waals surface area (Å²) in [4.78, 5) is 0. The Kier molecular flexibility index (Phi) is 5.41. The van der Waals surface area contributed by atoms with Crippen molar-refractivity contribution >= 4 is 0 Å². The summed E-state index contributed by atoms with van der Waals surface area (Å²) in [5.41, 5.74) is 1.84. The van der Waals surface area contributed by atoms with Crippen LogP contribution in [0.2, 0.25) is 0 Å². The van der Waals surface area contributed by atoms with Crippen LogP contribution in [0.5, 0.6) is 5.75 Å². The average Bonchev–Trinajstić information content (AvgIpc) is 2.34. The van der Waals surface area contributed by atoms with Crippen molar-refractivity contribution in [3.8, 4) is 17.6 Å². The molecule has 0 bridgehead atoms. The quantitative estimate of drug-likeness (QED) is 0.783. The van der Waals surface area contributed by atoms with Gasteiger partial charge in [0.15, 0.2) is 0 Å². The SMILES string of the molecule is CCOCc1cc(OC)ccc1C#CCO. The molecule has 0 aliphatic rings. The summed E-state index contributed by atoms with van der Waals surface area (Å²) in [6, 6.07) is 5.61. The van der Waals surface area contributed by atoms with Crippen LogP contribution in [0.1, 0.15) is 18.1 Å². The van der Waals surface area contributed by atoms with Gasteiger partial charge in [0.2, 0.25) is 0 Å². The lowest BCUT2D eigenvalue weighted by atomic mass is 10.1. The Balaban J connectivity index is 2.96. The van der Waals surface area contributed by atoms with Gasteiger partial charge in [0.1, 0.15) is 12.4 Å². The molecule has 0 spiro atoms. The standard InChI is InChI=1S/C13H16O3/c1-3-16-10-12-9-13(15-2)7-6-11(12)5-4-8-14/h6-7,9,14H,3,8,10H2,1-2H3. The lowest BCUT2D eigenvalue weighted by molar-refractivity contribution is 0.133. The minimum absolute atomic E-state index is 0.139. The van der Waals surface area contributed by atoms with Gasteiger partial charge >= 0.3 is 0 Å². The molecule has 1 aromatic carbocycles. The molecule has 3 nitrogen and oxygen atoms in total. The largest absolute Gasteiger partial charge is 0.497 e. The van der Waals surface area contributed by atoms with Crippen LogP contribution in [-0.2, 0) is 11.3 Å². The van der Waals surface area contributed by atoms with Gasteiger partial charge in [-0.25, -0.2) is 0 Å². The molecule has 0 aliphatic carbocycles. The summed E-state index contributed by atoms with van der Waals surface area (Å²) in [6.45, 7) is 2.96. The molecule has 16 heavy (non-hydrogen) atoms. The highest BCUT2D eigenvalue weighted by molar-refractivity contribution is 5.45. The van der Waals surface area contributed by atoms with Crippen molar-refractivity contribution in [2.75, 3.05) is 20.3 Å². The molecular weight excluding hydrogens is 204 g/mol. The van der Waals surface area contributed by atoms with Crippen molar-refractivity contribution in [1.82, 2.24) is 0 Å². The molecule has 0 saturated heterocycles. The van der Waals surface area contributed by atoms with E-state index >= 15 is 0 Å². The molecule has 86 valence electrons. The van der Waals surface area contributed by atoms with Crippen LogP contribution < -0.4 is 4.74 Å². The molecule has 1 aromatic rings. The molecule has 1 rings (SSSR count). The van der Waals surface area contributed by atoms with E-state index < -0.39 is 0 Å². The van der Waals surface area contributed by atoms with E-state index in [0.29, 0.717) is 13.2 Å². The van der Waals surface area contributed by atoms with Gasteiger partial charge in [-0.05, 0) is 30.7 Å². The molecule has 0 radical (unpaired) electrons. The zero-order valence-electron chi connectivity index (χ0n) is 9.62. The van der Waals surface area contributed by atoms with Crippen LogP contribution in [0.15, 0.2) is 18.2 Å². The third-order valence-electron chi connectivity index (χ3n) is 2.08. The number of benzene rings is 1. The molecule has 0 heterocycles. The monoisotopic (exact) mass is 220 g/mol. The summed E-state index contributed by atoms with van der Waals surface area (Å²) in [6.07, 6.45) is 0. The molecule has 0 atom stereocenters. The van der Waals surface area contributed by atoms with Gasteiger partial charge in [-0.1, -0.05) is 11.8 Å². The van der Waals surface area contributed by atoms with E-state index in [9.17, 15) is 0 Å².